The van der Waals surface area contributed by atoms with Gasteiger partial charge in [0, 0.05) is 12.1 Å². The monoisotopic (exact) mass is 202 g/mol. The SMILES string of the molecule is C[C@@H](N)c1cc2c(cn1)OC(F)(F)O2. The number of pyridine rings is 1. The minimum Gasteiger partial charge on any atom is -0.395 e. The van der Waals surface area contributed by atoms with Gasteiger partial charge in [-0.1, -0.05) is 0 Å². The summed E-state index contributed by atoms with van der Waals surface area (Å²) in [5, 5.41) is 0. The molecule has 1 aromatic heterocycles. The highest BCUT2D eigenvalue weighted by atomic mass is 19.3. The van der Waals surface area contributed by atoms with E-state index in [0.717, 1.165) is 0 Å². The Morgan fingerprint density at radius 1 is 1.43 bits per heavy atom. The van der Waals surface area contributed by atoms with Crippen molar-refractivity contribution in [1.29, 1.82) is 0 Å². The van der Waals surface area contributed by atoms with Crippen LogP contribution in [0.2, 0.25) is 0 Å². The average molecular weight is 202 g/mol. The Morgan fingerprint density at radius 3 is 2.71 bits per heavy atom. The third-order valence-electron chi connectivity index (χ3n) is 1.78. The lowest BCUT2D eigenvalue weighted by atomic mass is 10.2. The van der Waals surface area contributed by atoms with Crippen molar-refractivity contribution >= 4 is 0 Å². The Bertz CT molecular complexity index is 368. The zero-order valence-electron chi connectivity index (χ0n) is 7.33. The fourth-order valence-electron chi connectivity index (χ4n) is 1.12. The van der Waals surface area contributed by atoms with Crippen molar-refractivity contribution in [2.75, 3.05) is 0 Å². The lowest BCUT2D eigenvalue weighted by Crippen LogP contribution is -2.25. The zero-order chi connectivity index (χ0) is 10.3. The van der Waals surface area contributed by atoms with Crippen LogP contribution in [0.3, 0.4) is 0 Å². The van der Waals surface area contributed by atoms with E-state index >= 15 is 0 Å². The number of hydrogen-bond acceptors (Lipinski definition) is 4. The van der Waals surface area contributed by atoms with E-state index < -0.39 is 6.29 Å². The molecule has 1 aliphatic heterocycles. The second-order valence-corrected chi connectivity index (χ2v) is 3.01. The Hall–Kier alpha value is -1.43. The van der Waals surface area contributed by atoms with E-state index in [1.165, 1.54) is 12.3 Å². The predicted molar refractivity (Wildman–Crippen MR) is 43.0 cm³/mol. The molecule has 1 atom stereocenters. The third kappa shape index (κ3) is 1.48. The Labute approximate surface area is 78.6 Å². The molecule has 14 heavy (non-hydrogen) atoms. The van der Waals surface area contributed by atoms with E-state index in [0.29, 0.717) is 5.69 Å². The van der Waals surface area contributed by atoms with Crippen LogP contribution in [0.25, 0.3) is 0 Å². The van der Waals surface area contributed by atoms with Gasteiger partial charge in [0.1, 0.15) is 0 Å². The van der Waals surface area contributed by atoms with Gasteiger partial charge in [-0.05, 0) is 6.92 Å². The van der Waals surface area contributed by atoms with Crippen molar-refractivity contribution in [1.82, 2.24) is 4.98 Å². The summed E-state index contributed by atoms with van der Waals surface area (Å²) in [6.45, 7) is 1.70. The lowest BCUT2D eigenvalue weighted by Gasteiger charge is -2.04. The smallest absolute Gasteiger partial charge is 0.395 e. The molecule has 76 valence electrons. The highest BCUT2D eigenvalue weighted by Crippen LogP contribution is 2.40. The molecule has 0 spiro atoms. The van der Waals surface area contributed by atoms with Crippen LogP contribution >= 0.6 is 0 Å². The molecule has 0 aromatic carbocycles. The first-order chi connectivity index (χ1) is 6.48. The summed E-state index contributed by atoms with van der Waals surface area (Å²) < 4.78 is 33.5. The Morgan fingerprint density at radius 2 is 2.07 bits per heavy atom. The van der Waals surface area contributed by atoms with E-state index in [9.17, 15) is 8.78 Å². The standard InChI is InChI=1S/C8H8F2N2O2/c1-4(11)5-2-6-7(3-12-5)14-8(9,10)13-6/h2-4H,11H2,1H3/t4-/m1/s1. The summed E-state index contributed by atoms with van der Waals surface area (Å²) in [4.78, 5) is 3.85. The van der Waals surface area contributed by atoms with Crippen LogP contribution in [0, 0.1) is 0 Å². The number of nitrogens with two attached hydrogens (primary N) is 1. The minimum atomic E-state index is -3.60. The van der Waals surface area contributed by atoms with E-state index in [1.807, 2.05) is 0 Å². The van der Waals surface area contributed by atoms with Crippen LogP contribution in [0.1, 0.15) is 18.7 Å². The van der Waals surface area contributed by atoms with Gasteiger partial charge in [-0.15, -0.1) is 8.78 Å². The number of aromatic nitrogens is 1. The number of alkyl halides is 2. The Balaban J connectivity index is 2.36. The number of halogens is 2. The normalized spacial score (nSPS) is 19.4. The van der Waals surface area contributed by atoms with E-state index in [4.69, 9.17) is 5.73 Å². The van der Waals surface area contributed by atoms with Crippen LogP contribution < -0.4 is 15.2 Å². The number of fused-ring (bicyclic) bond motifs is 1. The van der Waals surface area contributed by atoms with Crippen molar-refractivity contribution in [3.8, 4) is 11.5 Å². The van der Waals surface area contributed by atoms with Crippen molar-refractivity contribution < 1.29 is 18.3 Å². The Kier molecular flexibility index (Phi) is 1.81. The molecule has 0 saturated heterocycles. The lowest BCUT2D eigenvalue weighted by molar-refractivity contribution is -0.286. The van der Waals surface area contributed by atoms with E-state index in [1.54, 1.807) is 6.92 Å². The summed E-state index contributed by atoms with van der Waals surface area (Å²) in [5.74, 6) is -0.100. The van der Waals surface area contributed by atoms with Crippen LogP contribution in [0.15, 0.2) is 12.3 Å². The van der Waals surface area contributed by atoms with E-state index in [-0.39, 0.29) is 17.5 Å². The number of nitrogens with zero attached hydrogens (tertiary/aromatic N) is 1. The van der Waals surface area contributed by atoms with Crippen LogP contribution in [-0.4, -0.2) is 11.3 Å². The first-order valence-electron chi connectivity index (χ1n) is 3.99. The maximum Gasteiger partial charge on any atom is 0.586 e. The summed E-state index contributed by atoms with van der Waals surface area (Å²) in [6.07, 6.45) is -2.42. The molecule has 4 nitrogen and oxygen atoms in total. The average Bonchev–Trinajstić information content (AvgIpc) is 2.36. The van der Waals surface area contributed by atoms with Gasteiger partial charge in [0.15, 0.2) is 11.5 Å². The van der Waals surface area contributed by atoms with Gasteiger partial charge in [-0.3, -0.25) is 4.98 Å². The van der Waals surface area contributed by atoms with E-state index in [2.05, 4.69) is 14.5 Å². The first-order valence-corrected chi connectivity index (χ1v) is 3.99. The molecule has 0 unspecified atom stereocenters. The van der Waals surface area contributed by atoms with Gasteiger partial charge in [0.05, 0.1) is 11.9 Å². The fraction of sp³-hybridized carbons (Fsp3) is 0.375. The number of hydrogen-bond donors (Lipinski definition) is 1. The maximum atomic E-state index is 12.6. The number of rotatable bonds is 1. The van der Waals surface area contributed by atoms with Crippen molar-refractivity contribution in [2.24, 2.45) is 5.73 Å². The molecule has 0 fully saturated rings. The molecule has 1 aliphatic rings. The molecule has 0 saturated carbocycles. The molecule has 2 rings (SSSR count). The van der Waals surface area contributed by atoms with Gasteiger partial charge in [-0.2, -0.15) is 0 Å². The van der Waals surface area contributed by atoms with Gasteiger partial charge < -0.3 is 15.2 Å². The molecular weight excluding hydrogens is 194 g/mol. The van der Waals surface area contributed by atoms with Gasteiger partial charge in [0.25, 0.3) is 0 Å². The highest BCUT2D eigenvalue weighted by molar-refractivity contribution is 5.42. The molecule has 6 heteroatoms. The van der Waals surface area contributed by atoms with Gasteiger partial charge in [-0.25, -0.2) is 0 Å². The van der Waals surface area contributed by atoms with Crippen LogP contribution in [0.4, 0.5) is 8.78 Å². The highest BCUT2D eigenvalue weighted by Gasteiger charge is 2.43. The predicted octanol–water partition coefficient (Wildman–Crippen LogP) is 1.42. The summed E-state index contributed by atoms with van der Waals surface area (Å²) in [5.41, 5.74) is 6.01. The quantitative estimate of drug-likeness (QED) is 0.748. The molecule has 0 bridgehead atoms. The van der Waals surface area contributed by atoms with Gasteiger partial charge in [0.2, 0.25) is 0 Å². The molecule has 1 aromatic rings. The summed E-state index contributed by atoms with van der Waals surface area (Å²) in [7, 11) is 0. The topological polar surface area (TPSA) is 57.4 Å². The minimum absolute atomic E-state index is 0.0303. The molecule has 0 amide bonds. The summed E-state index contributed by atoms with van der Waals surface area (Å²) >= 11 is 0. The van der Waals surface area contributed by atoms with Crippen LogP contribution in [-0.2, 0) is 0 Å². The number of ether oxygens (including phenoxy) is 2. The molecule has 2 heterocycles. The summed E-state index contributed by atoms with van der Waals surface area (Å²) in [6, 6.07) is 1.01. The van der Waals surface area contributed by atoms with Crippen molar-refractivity contribution in [2.45, 2.75) is 19.3 Å². The third-order valence-corrected chi connectivity index (χ3v) is 1.78. The molecule has 0 radical (unpaired) electrons. The molecule has 0 aliphatic carbocycles. The largest absolute Gasteiger partial charge is 0.586 e. The van der Waals surface area contributed by atoms with Crippen molar-refractivity contribution in [3.05, 3.63) is 18.0 Å². The second kappa shape index (κ2) is 2.78. The zero-order valence-corrected chi connectivity index (χ0v) is 7.33. The second-order valence-electron chi connectivity index (χ2n) is 3.01. The van der Waals surface area contributed by atoms with Crippen molar-refractivity contribution in [3.63, 3.8) is 0 Å². The maximum absolute atomic E-state index is 12.6. The van der Waals surface area contributed by atoms with Crippen LogP contribution in [0.5, 0.6) is 11.5 Å². The molecular formula is C8H8F2N2O2. The van der Waals surface area contributed by atoms with Gasteiger partial charge >= 0.3 is 6.29 Å². The fourth-order valence-corrected chi connectivity index (χ4v) is 1.12. The molecule has 2 N–H and O–H groups in total. The first kappa shape index (κ1) is 9.14.